The molecule has 1 atom stereocenters. The molecular formula is C23H25N3O5. The predicted octanol–water partition coefficient (Wildman–Crippen LogP) is 2.12. The fraction of sp³-hybridized carbons (Fsp3) is 0.348. The van der Waals surface area contributed by atoms with Crippen molar-refractivity contribution in [3.05, 3.63) is 53.1 Å². The van der Waals surface area contributed by atoms with Gasteiger partial charge in [0.1, 0.15) is 6.04 Å². The molecule has 2 aromatic carbocycles. The highest BCUT2D eigenvalue weighted by molar-refractivity contribution is 6.09. The van der Waals surface area contributed by atoms with Gasteiger partial charge in [-0.2, -0.15) is 0 Å². The van der Waals surface area contributed by atoms with Gasteiger partial charge in [-0.05, 0) is 48.2 Å². The van der Waals surface area contributed by atoms with Gasteiger partial charge in [0.2, 0.25) is 11.8 Å². The molecule has 8 nitrogen and oxygen atoms in total. The number of carbonyl (C=O) groups is 3. The summed E-state index contributed by atoms with van der Waals surface area (Å²) in [6.45, 7) is 1.07. The zero-order chi connectivity index (χ0) is 22.0. The first kappa shape index (κ1) is 20.7. The first-order valence-corrected chi connectivity index (χ1v) is 10.2. The van der Waals surface area contributed by atoms with Crippen molar-refractivity contribution in [2.45, 2.75) is 31.8 Å². The Kier molecular flexibility index (Phi) is 5.79. The number of methoxy groups -OCH3 is 2. The Balaban J connectivity index is 1.40. The van der Waals surface area contributed by atoms with Crippen LogP contribution in [0, 0.1) is 0 Å². The third-order valence-electron chi connectivity index (χ3n) is 5.77. The zero-order valence-electron chi connectivity index (χ0n) is 17.6. The van der Waals surface area contributed by atoms with E-state index in [0.29, 0.717) is 35.8 Å². The van der Waals surface area contributed by atoms with E-state index >= 15 is 0 Å². The normalized spacial score (nSPS) is 17.6. The molecule has 3 amide bonds. The standard InChI is InChI=1S/C23H25N3O5/c1-30-19-11-14-9-10-26(13-15(14)12-20(19)31-2)21(27)8-7-18-23(29)24-17-6-4-3-5-16(17)22(28)25-18/h3-6,11-12,18H,7-10,13H2,1-2H3,(H,24,29)(H,25,28). The number of carbonyl (C=O) groups excluding carboxylic acids is 3. The predicted molar refractivity (Wildman–Crippen MR) is 114 cm³/mol. The third kappa shape index (κ3) is 4.19. The van der Waals surface area contributed by atoms with Gasteiger partial charge in [-0.25, -0.2) is 0 Å². The van der Waals surface area contributed by atoms with Crippen LogP contribution < -0.4 is 20.1 Å². The topological polar surface area (TPSA) is 97.0 Å². The Morgan fingerprint density at radius 3 is 2.55 bits per heavy atom. The van der Waals surface area contributed by atoms with Crippen molar-refractivity contribution in [3.63, 3.8) is 0 Å². The Morgan fingerprint density at radius 2 is 1.81 bits per heavy atom. The van der Waals surface area contributed by atoms with Crippen molar-refractivity contribution in [1.29, 1.82) is 0 Å². The molecule has 2 aliphatic rings. The summed E-state index contributed by atoms with van der Waals surface area (Å²) in [4.78, 5) is 39.6. The van der Waals surface area contributed by atoms with Gasteiger partial charge in [-0.15, -0.1) is 0 Å². The molecule has 2 N–H and O–H groups in total. The minimum Gasteiger partial charge on any atom is -0.493 e. The van der Waals surface area contributed by atoms with Crippen LogP contribution in [0.1, 0.15) is 34.3 Å². The van der Waals surface area contributed by atoms with Crippen LogP contribution in [-0.2, 0) is 22.6 Å². The maximum atomic E-state index is 12.8. The molecule has 0 saturated heterocycles. The highest BCUT2D eigenvalue weighted by atomic mass is 16.5. The van der Waals surface area contributed by atoms with Gasteiger partial charge in [0, 0.05) is 19.5 Å². The highest BCUT2D eigenvalue weighted by Crippen LogP contribution is 2.33. The molecule has 162 valence electrons. The zero-order valence-corrected chi connectivity index (χ0v) is 17.6. The lowest BCUT2D eigenvalue weighted by Crippen LogP contribution is -2.42. The lowest BCUT2D eigenvalue weighted by Gasteiger charge is -2.30. The molecule has 0 spiro atoms. The fourth-order valence-corrected chi connectivity index (χ4v) is 4.04. The van der Waals surface area contributed by atoms with E-state index in [4.69, 9.17) is 9.47 Å². The highest BCUT2D eigenvalue weighted by Gasteiger charge is 2.29. The summed E-state index contributed by atoms with van der Waals surface area (Å²) >= 11 is 0. The first-order valence-electron chi connectivity index (χ1n) is 10.2. The van der Waals surface area contributed by atoms with Crippen LogP contribution in [0.25, 0.3) is 0 Å². The van der Waals surface area contributed by atoms with Gasteiger partial charge >= 0.3 is 0 Å². The number of ether oxygens (including phenoxy) is 2. The molecule has 0 aliphatic carbocycles. The van der Waals surface area contributed by atoms with Gasteiger partial charge in [-0.1, -0.05) is 12.1 Å². The second-order valence-electron chi connectivity index (χ2n) is 7.64. The average molecular weight is 423 g/mol. The Morgan fingerprint density at radius 1 is 1.10 bits per heavy atom. The van der Waals surface area contributed by atoms with E-state index in [1.54, 1.807) is 43.4 Å². The Bertz CT molecular complexity index is 1040. The SMILES string of the molecule is COc1cc2c(cc1OC)CN(C(=O)CCC1NC(=O)c3ccccc3NC1=O)CC2. The summed E-state index contributed by atoms with van der Waals surface area (Å²) in [5, 5.41) is 5.50. The van der Waals surface area contributed by atoms with E-state index in [-0.39, 0.29) is 30.6 Å². The number of hydrogen-bond acceptors (Lipinski definition) is 5. The molecule has 2 aliphatic heterocycles. The van der Waals surface area contributed by atoms with Crippen LogP contribution in [-0.4, -0.2) is 49.4 Å². The number of anilines is 1. The van der Waals surface area contributed by atoms with E-state index in [1.807, 2.05) is 12.1 Å². The summed E-state index contributed by atoms with van der Waals surface area (Å²) < 4.78 is 10.7. The van der Waals surface area contributed by atoms with Crippen LogP contribution in [0.2, 0.25) is 0 Å². The smallest absolute Gasteiger partial charge is 0.254 e. The van der Waals surface area contributed by atoms with Crippen LogP contribution >= 0.6 is 0 Å². The van der Waals surface area contributed by atoms with Crippen molar-refractivity contribution in [2.75, 3.05) is 26.1 Å². The van der Waals surface area contributed by atoms with E-state index in [0.717, 1.165) is 17.5 Å². The van der Waals surface area contributed by atoms with Gasteiger partial charge < -0.3 is 25.0 Å². The van der Waals surface area contributed by atoms with Crippen LogP contribution in [0.5, 0.6) is 11.5 Å². The summed E-state index contributed by atoms with van der Waals surface area (Å²) in [5.74, 6) is 0.626. The van der Waals surface area contributed by atoms with Crippen molar-refractivity contribution < 1.29 is 23.9 Å². The molecule has 31 heavy (non-hydrogen) atoms. The number of hydrogen-bond donors (Lipinski definition) is 2. The number of para-hydroxylation sites is 1. The summed E-state index contributed by atoms with van der Waals surface area (Å²) in [6.07, 6.45) is 1.12. The second-order valence-corrected chi connectivity index (χ2v) is 7.64. The number of amides is 3. The summed E-state index contributed by atoms with van der Waals surface area (Å²) in [7, 11) is 3.18. The molecule has 2 heterocycles. The number of rotatable bonds is 5. The minimum atomic E-state index is -0.759. The quantitative estimate of drug-likeness (QED) is 0.768. The molecule has 0 fully saturated rings. The molecule has 0 radical (unpaired) electrons. The average Bonchev–Trinajstić information content (AvgIpc) is 2.91. The largest absolute Gasteiger partial charge is 0.493 e. The van der Waals surface area contributed by atoms with E-state index in [1.165, 1.54) is 0 Å². The number of benzene rings is 2. The molecule has 2 aromatic rings. The van der Waals surface area contributed by atoms with Crippen molar-refractivity contribution in [3.8, 4) is 11.5 Å². The lowest BCUT2D eigenvalue weighted by molar-refractivity contribution is -0.132. The molecule has 4 rings (SSSR count). The maximum absolute atomic E-state index is 12.8. The van der Waals surface area contributed by atoms with Gasteiger partial charge in [-0.3, -0.25) is 14.4 Å². The number of nitrogens with one attached hydrogen (secondary N) is 2. The lowest BCUT2D eigenvalue weighted by atomic mass is 9.98. The van der Waals surface area contributed by atoms with E-state index < -0.39 is 6.04 Å². The van der Waals surface area contributed by atoms with Gasteiger partial charge in [0.05, 0.1) is 25.5 Å². The first-order chi connectivity index (χ1) is 15.0. The second kappa shape index (κ2) is 8.67. The minimum absolute atomic E-state index is 0.0516. The number of nitrogens with zero attached hydrogens (tertiary/aromatic N) is 1. The van der Waals surface area contributed by atoms with Crippen molar-refractivity contribution in [1.82, 2.24) is 10.2 Å². The summed E-state index contributed by atoms with van der Waals surface area (Å²) in [6, 6.07) is 9.96. The molecule has 0 aromatic heterocycles. The summed E-state index contributed by atoms with van der Waals surface area (Å²) in [5.41, 5.74) is 3.06. The van der Waals surface area contributed by atoms with Crippen LogP contribution in [0.4, 0.5) is 5.69 Å². The van der Waals surface area contributed by atoms with Crippen LogP contribution in [0.15, 0.2) is 36.4 Å². The Hall–Kier alpha value is -3.55. The third-order valence-corrected chi connectivity index (χ3v) is 5.77. The molecular weight excluding hydrogens is 398 g/mol. The van der Waals surface area contributed by atoms with Crippen molar-refractivity contribution >= 4 is 23.4 Å². The molecule has 0 bridgehead atoms. The van der Waals surface area contributed by atoms with Gasteiger partial charge in [0.25, 0.3) is 5.91 Å². The van der Waals surface area contributed by atoms with Crippen molar-refractivity contribution in [2.24, 2.45) is 0 Å². The van der Waals surface area contributed by atoms with E-state index in [9.17, 15) is 14.4 Å². The fourth-order valence-electron chi connectivity index (χ4n) is 4.04. The maximum Gasteiger partial charge on any atom is 0.254 e. The number of fused-ring (bicyclic) bond motifs is 2. The monoisotopic (exact) mass is 423 g/mol. The Labute approximate surface area is 180 Å². The van der Waals surface area contributed by atoms with Crippen LogP contribution in [0.3, 0.4) is 0 Å². The van der Waals surface area contributed by atoms with E-state index in [2.05, 4.69) is 10.6 Å². The van der Waals surface area contributed by atoms with Gasteiger partial charge in [0.15, 0.2) is 11.5 Å². The molecule has 1 unspecified atom stereocenters. The molecule has 8 heteroatoms. The molecule has 0 saturated carbocycles.